The highest BCUT2D eigenvalue weighted by Gasteiger charge is 2.31. The van der Waals surface area contributed by atoms with E-state index in [4.69, 9.17) is 5.73 Å². The van der Waals surface area contributed by atoms with E-state index in [1.807, 2.05) is 6.92 Å². The van der Waals surface area contributed by atoms with Crippen molar-refractivity contribution in [2.45, 2.75) is 39.2 Å². The molecule has 0 radical (unpaired) electrons. The fourth-order valence-electron chi connectivity index (χ4n) is 3.00. The molecular formula is C15H22N2O2. The third-order valence-electron chi connectivity index (χ3n) is 4.28. The molecule has 19 heavy (non-hydrogen) atoms. The van der Waals surface area contributed by atoms with Gasteiger partial charge < -0.3 is 10.3 Å². The Bertz CT molecular complexity index is 521. The quantitative estimate of drug-likeness (QED) is 0.842. The summed E-state index contributed by atoms with van der Waals surface area (Å²) < 4.78 is 1.48. The highest BCUT2D eigenvalue weighted by Crippen LogP contribution is 2.32. The van der Waals surface area contributed by atoms with Gasteiger partial charge in [0.25, 0.3) is 5.56 Å². The second kappa shape index (κ2) is 5.29. The molecular weight excluding hydrogens is 240 g/mol. The molecule has 1 fully saturated rings. The standard InChI is InChI=1S/C15H22N2O2/c1-9-6-12(8-17(3)15(9)19)14(18)10(2)11-4-5-13(16)7-11/h6,8,10-11,13H,4-5,7,16H2,1-3H3. The first-order valence-electron chi connectivity index (χ1n) is 6.87. The van der Waals surface area contributed by atoms with E-state index in [0.29, 0.717) is 17.0 Å². The summed E-state index contributed by atoms with van der Waals surface area (Å²) in [6, 6.07) is 1.94. The molecule has 1 aromatic heterocycles. The van der Waals surface area contributed by atoms with Crippen molar-refractivity contribution in [3.8, 4) is 0 Å². The largest absolute Gasteiger partial charge is 0.328 e. The first-order valence-corrected chi connectivity index (χ1v) is 6.87. The van der Waals surface area contributed by atoms with Crippen molar-refractivity contribution in [1.29, 1.82) is 0 Å². The highest BCUT2D eigenvalue weighted by atomic mass is 16.1. The fraction of sp³-hybridized carbons (Fsp3) is 0.600. The maximum absolute atomic E-state index is 12.5. The molecule has 104 valence electrons. The fourth-order valence-corrected chi connectivity index (χ4v) is 3.00. The predicted molar refractivity (Wildman–Crippen MR) is 75.2 cm³/mol. The zero-order valence-corrected chi connectivity index (χ0v) is 11.8. The number of pyridine rings is 1. The van der Waals surface area contributed by atoms with Gasteiger partial charge in [-0.2, -0.15) is 0 Å². The predicted octanol–water partition coefficient (Wildman–Crippen LogP) is 1.64. The Morgan fingerprint density at radius 2 is 2.16 bits per heavy atom. The van der Waals surface area contributed by atoms with Gasteiger partial charge in [0.05, 0.1) is 0 Å². The van der Waals surface area contributed by atoms with Crippen LogP contribution in [0.1, 0.15) is 42.1 Å². The minimum absolute atomic E-state index is 0.0227. The van der Waals surface area contributed by atoms with E-state index in [1.165, 1.54) is 4.57 Å². The smallest absolute Gasteiger partial charge is 0.253 e. The van der Waals surface area contributed by atoms with Crippen LogP contribution < -0.4 is 11.3 Å². The monoisotopic (exact) mass is 262 g/mol. The van der Waals surface area contributed by atoms with Crippen molar-refractivity contribution < 1.29 is 4.79 Å². The molecule has 3 atom stereocenters. The van der Waals surface area contributed by atoms with Crippen LogP contribution in [0.25, 0.3) is 0 Å². The SMILES string of the molecule is Cc1cc(C(=O)C(C)C2CCC(N)C2)cn(C)c1=O. The summed E-state index contributed by atoms with van der Waals surface area (Å²) in [5, 5.41) is 0. The molecule has 2 rings (SSSR count). The molecule has 1 aliphatic rings. The number of carbonyl (C=O) groups is 1. The van der Waals surface area contributed by atoms with Crippen molar-refractivity contribution in [2.24, 2.45) is 24.6 Å². The number of aryl methyl sites for hydroxylation is 2. The van der Waals surface area contributed by atoms with Crippen LogP contribution in [-0.2, 0) is 7.05 Å². The van der Waals surface area contributed by atoms with Crippen LogP contribution in [0.5, 0.6) is 0 Å². The van der Waals surface area contributed by atoms with E-state index < -0.39 is 0 Å². The van der Waals surface area contributed by atoms with Crippen LogP contribution in [0.2, 0.25) is 0 Å². The second-order valence-electron chi connectivity index (χ2n) is 5.81. The number of carbonyl (C=O) groups excluding carboxylic acids is 1. The van der Waals surface area contributed by atoms with E-state index in [1.54, 1.807) is 26.2 Å². The number of rotatable bonds is 3. The van der Waals surface area contributed by atoms with Gasteiger partial charge in [-0.25, -0.2) is 0 Å². The molecule has 1 aromatic rings. The molecule has 1 aliphatic carbocycles. The number of Topliss-reactive ketones (excluding diaryl/α,β-unsaturated/α-hetero) is 1. The maximum atomic E-state index is 12.5. The number of hydrogen-bond acceptors (Lipinski definition) is 3. The Kier molecular flexibility index (Phi) is 3.90. The number of ketones is 1. The number of aromatic nitrogens is 1. The van der Waals surface area contributed by atoms with Gasteiger partial charge in [0, 0.05) is 36.3 Å². The minimum atomic E-state index is -0.0490. The molecule has 0 saturated heterocycles. The van der Waals surface area contributed by atoms with Crippen LogP contribution in [0.3, 0.4) is 0 Å². The summed E-state index contributed by atoms with van der Waals surface area (Å²) in [6.07, 6.45) is 4.61. The summed E-state index contributed by atoms with van der Waals surface area (Å²) in [5.74, 6) is 0.475. The van der Waals surface area contributed by atoms with E-state index in [9.17, 15) is 9.59 Å². The first-order chi connectivity index (χ1) is 8.90. The highest BCUT2D eigenvalue weighted by molar-refractivity contribution is 5.97. The van der Waals surface area contributed by atoms with E-state index in [0.717, 1.165) is 19.3 Å². The topological polar surface area (TPSA) is 65.1 Å². The first kappa shape index (κ1) is 14.0. The van der Waals surface area contributed by atoms with Crippen molar-refractivity contribution in [1.82, 2.24) is 4.57 Å². The van der Waals surface area contributed by atoms with Crippen LogP contribution in [0.15, 0.2) is 17.1 Å². The minimum Gasteiger partial charge on any atom is -0.328 e. The Morgan fingerprint density at radius 1 is 1.47 bits per heavy atom. The Balaban J connectivity index is 2.22. The molecule has 2 N–H and O–H groups in total. The Labute approximate surface area is 113 Å². The zero-order valence-electron chi connectivity index (χ0n) is 11.8. The van der Waals surface area contributed by atoms with Gasteiger partial charge in [0.15, 0.2) is 5.78 Å². The molecule has 4 heteroatoms. The Hall–Kier alpha value is -1.42. The molecule has 3 unspecified atom stereocenters. The number of hydrogen-bond donors (Lipinski definition) is 1. The van der Waals surface area contributed by atoms with Crippen molar-refractivity contribution in [3.63, 3.8) is 0 Å². The molecule has 1 heterocycles. The normalized spacial score (nSPS) is 24.4. The molecule has 0 aromatic carbocycles. The number of nitrogens with zero attached hydrogens (tertiary/aromatic N) is 1. The number of nitrogens with two attached hydrogens (primary N) is 1. The summed E-state index contributed by atoms with van der Waals surface area (Å²) in [5.41, 5.74) is 7.11. The molecule has 0 spiro atoms. The lowest BCUT2D eigenvalue weighted by Crippen LogP contribution is -2.25. The van der Waals surface area contributed by atoms with Crippen molar-refractivity contribution in [2.75, 3.05) is 0 Å². The molecule has 1 saturated carbocycles. The van der Waals surface area contributed by atoms with E-state index in [2.05, 4.69) is 0 Å². The average Bonchev–Trinajstić information content (AvgIpc) is 2.80. The van der Waals surface area contributed by atoms with Crippen LogP contribution in [0, 0.1) is 18.8 Å². The molecule has 0 amide bonds. The summed E-state index contributed by atoms with van der Waals surface area (Å²) in [4.78, 5) is 24.1. The lowest BCUT2D eigenvalue weighted by atomic mass is 9.86. The van der Waals surface area contributed by atoms with Gasteiger partial charge in [0.1, 0.15) is 0 Å². The molecule has 4 nitrogen and oxygen atoms in total. The zero-order chi connectivity index (χ0) is 14.2. The van der Waals surface area contributed by atoms with Crippen LogP contribution >= 0.6 is 0 Å². The van der Waals surface area contributed by atoms with Gasteiger partial charge in [-0.3, -0.25) is 9.59 Å². The summed E-state index contributed by atoms with van der Waals surface area (Å²) in [7, 11) is 1.68. The Morgan fingerprint density at radius 3 is 2.68 bits per heavy atom. The van der Waals surface area contributed by atoms with Gasteiger partial charge in [-0.05, 0) is 38.2 Å². The average molecular weight is 262 g/mol. The van der Waals surface area contributed by atoms with E-state index >= 15 is 0 Å². The van der Waals surface area contributed by atoms with E-state index in [-0.39, 0.29) is 23.3 Å². The van der Waals surface area contributed by atoms with Crippen LogP contribution in [-0.4, -0.2) is 16.4 Å². The van der Waals surface area contributed by atoms with Crippen molar-refractivity contribution >= 4 is 5.78 Å². The third-order valence-corrected chi connectivity index (χ3v) is 4.28. The lowest BCUT2D eigenvalue weighted by Gasteiger charge is -2.18. The maximum Gasteiger partial charge on any atom is 0.253 e. The van der Waals surface area contributed by atoms with Gasteiger partial charge in [-0.15, -0.1) is 0 Å². The van der Waals surface area contributed by atoms with Crippen LogP contribution in [0.4, 0.5) is 0 Å². The molecule has 0 bridgehead atoms. The van der Waals surface area contributed by atoms with Crippen molar-refractivity contribution in [3.05, 3.63) is 33.7 Å². The lowest BCUT2D eigenvalue weighted by molar-refractivity contribution is 0.0887. The van der Waals surface area contributed by atoms with Gasteiger partial charge in [0.2, 0.25) is 0 Å². The molecule has 0 aliphatic heterocycles. The summed E-state index contributed by atoms with van der Waals surface area (Å²) >= 11 is 0. The van der Waals surface area contributed by atoms with Gasteiger partial charge in [-0.1, -0.05) is 6.92 Å². The van der Waals surface area contributed by atoms with Gasteiger partial charge >= 0.3 is 0 Å². The summed E-state index contributed by atoms with van der Waals surface area (Å²) in [6.45, 7) is 3.72. The second-order valence-corrected chi connectivity index (χ2v) is 5.81. The third kappa shape index (κ3) is 2.78.